The highest BCUT2D eigenvalue weighted by molar-refractivity contribution is 5.85. The van der Waals surface area contributed by atoms with Gasteiger partial charge in [0, 0.05) is 51.4 Å². The molecule has 0 aromatic heterocycles. The van der Waals surface area contributed by atoms with Crippen molar-refractivity contribution in [3.63, 3.8) is 0 Å². The van der Waals surface area contributed by atoms with Crippen LogP contribution in [0.2, 0.25) is 0 Å². The predicted octanol–water partition coefficient (Wildman–Crippen LogP) is 2.32. The first-order chi connectivity index (χ1) is 11.8. The van der Waals surface area contributed by atoms with Crippen molar-refractivity contribution >= 4 is 30.7 Å². The molecule has 152 valence electrons. The maximum atomic E-state index is 12.6. The Balaban J connectivity index is 0.00000121. The summed E-state index contributed by atoms with van der Waals surface area (Å²) in [5.41, 5.74) is 0. The lowest BCUT2D eigenvalue weighted by atomic mass is 9.81. The van der Waals surface area contributed by atoms with Gasteiger partial charge in [-0.2, -0.15) is 0 Å². The first-order valence-corrected chi connectivity index (χ1v) is 10.1. The molecule has 7 heteroatoms. The van der Waals surface area contributed by atoms with Crippen molar-refractivity contribution < 1.29 is 9.53 Å². The number of fused-ring (bicyclic) bond motifs is 1. The third-order valence-corrected chi connectivity index (χ3v) is 6.80. The Kier molecular flexibility index (Phi) is 8.95. The Labute approximate surface area is 170 Å². The van der Waals surface area contributed by atoms with Crippen LogP contribution in [0, 0.1) is 11.8 Å². The lowest BCUT2D eigenvalue weighted by Crippen LogP contribution is -2.59. The third-order valence-electron chi connectivity index (χ3n) is 6.80. The van der Waals surface area contributed by atoms with Gasteiger partial charge < -0.3 is 15.0 Å². The molecular weight excluding hydrogens is 373 g/mol. The summed E-state index contributed by atoms with van der Waals surface area (Å²) in [4.78, 5) is 17.6. The second-order valence-corrected chi connectivity index (χ2v) is 8.23. The summed E-state index contributed by atoms with van der Waals surface area (Å²) in [6, 6.07) is 1.23. The van der Waals surface area contributed by atoms with Crippen LogP contribution in [-0.2, 0) is 9.53 Å². The summed E-state index contributed by atoms with van der Waals surface area (Å²) in [5.74, 6) is 1.83. The van der Waals surface area contributed by atoms with Gasteiger partial charge in [-0.1, -0.05) is 0 Å². The maximum Gasteiger partial charge on any atom is 0.222 e. The van der Waals surface area contributed by atoms with Crippen LogP contribution in [0.25, 0.3) is 0 Å². The first-order valence-electron chi connectivity index (χ1n) is 10.1. The minimum absolute atomic E-state index is 0. The molecule has 4 saturated heterocycles. The van der Waals surface area contributed by atoms with E-state index in [0.29, 0.717) is 23.8 Å². The molecule has 4 aliphatic rings. The molecule has 4 heterocycles. The molecule has 26 heavy (non-hydrogen) atoms. The Bertz CT molecular complexity index is 443. The number of hydrogen-bond acceptors (Lipinski definition) is 4. The summed E-state index contributed by atoms with van der Waals surface area (Å²) < 4.78 is 5.53. The molecule has 5 nitrogen and oxygen atoms in total. The van der Waals surface area contributed by atoms with E-state index in [1.54, 1.807) is 0 Å². The largest absolute Gasteiger partial charge is 0.381 e. The molecule has 0 saturated carbocycles. The molecule has 0 aliphatic carbocycles. The SMILES string of the molecule is Cl.Cl.O=C1CC[C@H]2CN(C3CCOCC3)CC[C@H]2N1CC1CCNCC1. The van der Waals surface area contributed by atoms with E-state index in [9.17, 15) is 4.79 Å². The van der Waals surface area contributed by atoms with Gasteiger partial charge in [-0.05, 0) is 63.5 Å². The smallest absolute Gasteiger partial charge is 0.222 e. The first kappa shape index (κ1) is 22.2. The Morgan fingerprint density at radius 2 is 1.73 bits per heavy atom. The van der Waals surface area contributed by atoms with Gasteiger partial charge >= 0.3 is 0 Å². The van der Waals surface area contributed by atoms with E-state index < -0.39 is 0 Å². The van der Waals surface area contributed by atoms with Crippen LogP contribution in [-0.4, -0.2) is 73.7 Å². The lowest BCUT2D eigenvalue weighted by Gasteiger charge is -2.50. The zero-order valence-corrected chi connectivity index (χ0v) is 17.4. The molecule has 0 bridgehead atoms. The van der Waals surface area contributed by atoms with Gasteiger partial charge in [-0.25, -0.2) is 0 Å². The molecule has 1 N–H and O–H groups in total. The summed E-state index contributed by atoms with van der Waals surface area (Å²) in [6.45, 7) is 7.48. The third kappa shape index (κ3) is 5.05. The van der Waals surface area contributed by atoms with Crippen LogP contribution in [0.1, 0.15) is 44.9 Å². The number of nitrogens with one attached hydrogen (secondary N) is 1. The minimum Gasteiger partial charge on any atom is -0.381 e. The number of hydrogen-bond donors (Lipinski definition) is 1. The van der Waals surface area contributed by atoms with E-state index in [-0.39, 0.29) is 24.8 Å². The molecular formula is C19H35Cl2N3O2. The van der Waals surface area contributed by atoms with Gasteiger partial charge in [0.1, 0.15) is 0 Å². The number of ether oxygens (including phenoxy) is 1. The highest BCUT2D eigenvalue weighted by atomic mass is 35.5. The average molecular weight is 408 g/mol. The number of likely N-dealkylation sites (tertiary alicyclic amines) is 2. The molecule has 1 amide bonds. The average Bonchev–Trinajstić information content (AvgIpc) is 2.65. The van der Waals surface area contributed by atoms with Crippen molar-refractivity contribution in [1.29, 1.82) is 0 Å². The Morgan fingerprint density at radius 1 is 1.00 bits per heavy atom. The normalized spacial score (nSPS) is 31.7. The van der Waals surface area contributed by atoms with E-state index >= 15 is 0 Å². The predicted molar refractivity (Wildman–Crippen MR) is 108 cm³/mol. The van der Waals surface area contributed by atoms with Crippen LogP contribution in [0.3, 0.4) is 0 Å². The van der Waals surface area contributed by atoms with Crippen LogP contribution < -0.4 is 5.32 Å². The van der Waals surface area contributed by atoms with Crippen LogP contribution in [0.15, 0.2) is 0 Å². The fraction of sp³-hybridized carbons (Fsp3) is 0.947. The fourth-order valence-corrected chi connectivity index (χ4v) is 5.34. The summed E-state index contributed by atoms with van der Waals surface area (Å²) in [6.07, 6.45) is 7.90. The number of rotatable bonds is 3. The van der Waals surface area contributed by atoms with Crippen molar-refractivity contribution in [1.82, 2.24) is 15.1 Å². The molecule has 0 spiro atoms. The number of carbonyl (C=O) groups excluding carboxylic acids is 1. The second kappa shape index (κ2) is 10.5. The van der Waals surface area contributed by atoms with Gasteiger partial charge in [-0.15, -0.1) is 24.8 Å². The second-order valence-electron chi connectivity index (χ2n) is 8.23. The van der Waals surface area contributed by atoms with Gasteiger partial charge in [0.2, 0.25) is 5.91 Å². The summed E-state index contributed by atoms with van der Waals surface area (Å²) in [5, 5.41) is 3.44. The van der Waals surface area contributed by atoms with Crippen molar-refractivity contribution in [3.05, 3.63) is 0 Å². The molecule has 0 unspecified atom stereocenters. The lowest BCUT2D eigenvalue weighted by molar-refractivity contribution is -0.143. The zero-order valence-electron chi connectivity index (χ0n) is 15.7. The maximum absolute atomic E-state index is 12.6. The minimum atomic E-state index is 0. The molecule has 2 atom stereocenters. The molecule has 0 radical (unpaired) electrons. The topological polar surface area (TPSA) is 44.8 Å². The summed E-state index contributed by atoms with van der Waals surface area (Å²) >= 11 is 0. The number of halogens is 2. The molecule has 0 aromatic rings. The van der Waals surface area contributed by atoms with Gasteiger partial charge in [-0.3, -0.25) is 9.69 Å². The standard InChI is InChI=1S/C19H33N3O2.2ClH/c23-19-2-1-16-14-21(17-6-11-24-12-7-17)10-5-18(16)22(19)13-15-3-8-20-9-4-15;;/h15-18,20H,1-14H2;2*1H/t16-,18+;;/m0../s1. The number of piperidine rings is 3. The van der Waals surface area contributed by atoms with E-state index in [1.807, 2.05) is 0 Å². The highest BCUT2D eigenvalue weighted by Gasteiger charge is 2.41. The van der Waals surface area contributed by atoms with Gasteiger partial charge in [0.15, 0.2) is 0 Å². The number of nitrogens with zero attached hydrogens (tertiary/aromatic N) is 2. The quantitative estimate of drug-likeness (QED) is 0.779. The fourth-order valence-electron chi connectivity index (χ4n) is 5.34. The van der Waals surface area contributed by atoms with Gasteiger partial charge in [0.05, 0.1) is 0 Å². The van der Waals surface area contributed by atoms with E-state index in [1.165, 1.54) is 45.2 Å². The van der Waals surface area contributed by atoms with Crippen molar-refractivity contribution in [2.45, 2.75) is 57.0 Å². The summed E-state index contributed by atoms with van der Waals surface area (Å²) in [7, 11) is 0. The Morgan fingerprint density at radius 3 is 2.46 bits per heavy atom. The number of carbonyl (C=O) groups is 1. The van der Waals surface area contributed by atoms with Crippen molar-refractivity contribution in [2.75, 3.05) is 45.9 Å². The zero-order chi connectivity index (χ0) is 16.4. The monoisotopic (exact) mass is 407 g/mol. The van der Waals surface area contributed by atoms with E-state index in [2.05, 4.69) is 15.1 Å². The van der Waals surface area contributed by atoms with E-state index in [0.717, 1.165) is 51.7 Å². The highest BCUT2D eigenvalue weighted by Crippen LogP contribution is 2.34. The molecule has 0 aromatic carbocycles. The van der Waals surface area contributed by atoms with Crippen molar-refractivity contribution in [3.8, 4) is 0 Å². The van der Waals surface area contributed by atoms with Crippen LogP contribution >= 0.6 is 24.8 Å². The molecule has 4 fully saturated rings. The van der Waals surface area contributed by atoms with Crippen molar-refractivity contribution in [2.24, 2.45) is 11.8 Å². The van der Waals surface area contributed by atoms with E-state index in [4.69, 9.17) is 4.74 Å². The van der Waals surface area contributed by atoms with Crippen LogP contribution in [0.5, 0.6) is 0 Å². The van der Waals surface area contributed by atoms with Crippen LogP contribution in [0.4, 0.5) is 0 Å². The molecule has 4 aliphatic heterocycles. The molecule has 4 rings (SSSR count). The van der Waals surface area contributed by atoms with Gasteiger partial charge in [0.25, 0.3) is 0 Å². The number of amides is 1. The Hall–Kier alpha value is -0.0700.